The van der Waals surface area contributed by atoms with Crippen molar-refractivity contribution in [1.29, 1.82) is 0 Å². The zero-order chi connectivity index (χ0) is 13.7. The average Bonchev–Trinajstić information content (AvgIpc) is 2.89. The molecule has 2 heterocycles. The van der Waals surface area contributed by atoms with E-state index in [1.165, 1.54) is 0 Å². The van der Waals surface area contributed by atoms with Gasteiger partial charge in [0.1, 0.15) is 0 Å². The van der Waals surface area contributed by atoms with Crippen molar-refractivity contribution < 1.29 is 13.6 Å². The molecule has 19 heavy (non-hydrogen) atoms. The predicted molar refractivity (Wildman–Crippen MR) is 65.7 cm³/mol. The number of aromatic amines is 1. The van der Waals surface area contributed by atoms with E-state index in [1.807, 2.05) is 11.0 Å². The number of likely N-dealkylation sites (tertiary alicyclic amines) is 1. The molecule has 0 saturated carbocycles. The first-order valence-corrected chi connectivity index (χ1v) is 6.45. The van der Waals surface area contributed by atoms with Crippen LogP contribution in [-0.2, 0) is 11.3 Å². The number of nitrogens with one attached hydrogen (secondary N) is 2. The number of nitrogens with zero attached hydrogens (tertiary/aromatic N) is 2. The van der Waals surface area contributed by atoms with Gasteiger partial charge in [0, 0.05) is 18.4 Å². The highest BCUT2D eigenvalue weighted by Crippen LogP contribution is 2.19. The lowest BCUT2D eigenvalue weighted by Crippen LogP contribution is -2.49. The van der Waals surface area contributed by atoms with Crippen molar-refractivity contribution in [3.63, 3.8) is 0 Å². The first-order valence-electron chi connectivity index (χ1n) is 6.45. The molecule has 2 N–H and O–H groups in total. The zero-order valence-corrected chi connectivity index (χ0v) is 10.6. The predicted octanol–water partition coefficient (Wildman–Crippen LogP) is 1.15. The van der Waals surface area contributed by atoms with Gasteiger partial charge in [-0.3, -0.25) is 14.8 Å². The first kappa shape index (κ1) is 13.9. The Balaban J connectivity index is 1.93. The molecular formula is C12H18F2N4O. The highest BCUT2D eigenvalue weighted by molar-refractivity contribution is 5.81. The molecule has 1 amide bonds. The Hall–Kier alpha value is -1.50. The Bertz CT molecular complexity index is 396. The van der Waals surface area contributed by atoms with Crippen molar-refractivity contribution in [1.82, 2.24) is 20.4 Å². The first-order chi connectivity index (χ1) is 9.16. The van der Waals surface area contributed by atoms with Gasteiger partial charge < -0.3 is 5.32 Å². The third-order valence-electron chi connectivity index (χ3n) is 3.28. The van der Waals surface area contributed by atoms with Gasteiger partial charge in [0.25, 0.3) is 6.43 Å². The summed E-state index contributed by atoms with van der Waals surface area (Å²) in [6, 6.07) is 1.53. The molecule has 1 aromatic rings. The maximum absolute atomic E-state index is 12.1. The summed E-state index contributed by atoms with van der Waals surface area (Å²) in [5.41, 5.74) is 0.925. The third-order valence-corrected chi connectivity index (χ3v) is 3.28. The van der Waals surface area contributed by atoms with Crippen molar-refractivity contribution >= 4 is 5.91 Å². The van der Waals surface area contributed by atoms with E-state index in [4.69, 9.17) is 0 Å². The summed E-state index contributed by atoms with van der Waals surface area (Å²) in [5, 5.41) is 9.02. The number of H-pyrrole nitrogens is 1. The van der Waals surface area contributed by atoms with Crippen molar-refractivity contribution in [2.24, 2.45) is 0 Å². The summed E-state index contributed by atoms with van der Waals surface area (Å²) >= 11 is 0. The second kappa shape index (κ2) is 6.60. The van der Waals surface area contributed by atoms with Crippen LogP contribution in [0.2, 0.25) is 0 Å². The Morgan fingerprint density at radius 3 is 3.11 bits per heavy atom. The second-order valence-corrected chi connectivity index (χ2v) is 4.70. The van der Waals surface area contributed by atoms with Crippen LogP contribution >= 0.6 is 0 Å². The van der Waals surface area contributed by atoms with Gasteiger partial charge in [-0.05, 0) is 25.5 Å². The topological polar surface area (TPSA) is 61.0 Å². The monoisotopic (exact) mass is 272 g/mol. The highest BCUT2D eigenvalue weighted by Gasteiger charge is 2.29. The number of carbonyl (C=O) groups excluding carboxylic acids is 1. The Labute approximate surface area is 110 Å². The Morgan fingerprint density at radius 2 is 2.42 bits per heavy atom. The van der Waals surface area contributed by atoms with E-state index in [0.29, 0.717) is 13.0 Å². The molecule has 1 aliphatic heterocycles. The largest absolute Gasteiger partial charge is 0.349 e. The molecule has 0 aliphatic carbocycles. The summed E-state index contributed by atoms with van der Waals surface area (Å²) in [6.07, 6.45) is 1.83. The van der Waals surface area contributed by atoms with E-state index in [9.17, 15) is 13.6 Å². The van der Waals surface area contributed by atoms with Gasteiger partial charge in [-0.25, -0.2) is 8.78 Å². The number of aromatic nitrogens is 2. The lowest BCUT2D eigenvalue weighted by molar-refractivity contribution is -0.128. The Morgan fingerprint density at radius 1 is 1.58 bits per heavy atom. The van der Waals surface area contributed by atoms with Crippen LogP contribution in [0, 0.1) is 0 Å². The van der Waals surface area contributed by atoms with E-state index in [-0.39, 0.29) is 11.9 Å². The van der Waals surface area contributed by atoms with Crippen LogP contribution in [0.3, 0.4) is 0 Å². The molecule has 5 nitrogen and oxygen atoms in total. The van der Waals surface area contributed by atoms with Crippen molar-refractivity contribution in [2.45, 2.75) is 38.3 Å². The summed E-state index contributed by atoms with van der Waals surface area (Å²) in [5.74, 6) is -0.306. The number of carbonyl (C=O) groups is 1. The van der Waals surface area contributed by atoms with Gasteiger partial charge >= 0.3 is 0 Å². The number of hydrogen-bond acceptors (Lipinski definition) is 3. The quantitative estimate of drug-likeness (QED) is 0.845. The fourth-order valence-electron chi connectivity index (χ4n) is 2.36. The zero-order valence-electron chi connectivity index (χ0n) is 10.6. The van der Waals surface area contributed by atoms with E-state index in [1.54, 1.807) is 6.20 Å². The van der Waals surface area contributed by atoms with Gasteiger partial charge in [-0.2, -0.15) is 5.10 Å². The van der Waals surface area contributed by atoms with Crippen LogP contribution < -0.4 is 5.32 Å². The fourth-order valence-corrected chi connectivity index (χ4v) is 2.36. The molecule has 7 heteroatoms. The second-order valence-electron chi connectivity index (χ2n) is 4.70. The molecule has 0 spiro atoms. The summed E-state index contributed by atoms with van der Waals surface area (Å²) in [4.78, 5) is 13.9. The molecule has 1 fully saturated rings. The molecule has 106 valence electrons. The average molecular weight is 272 g/mol. The van der Waals surface area contributed by atoms with E-state index in [0.717, 1.165) is 25.1 Å². The molecular weight excluding hydrogens is 254 g/mol. The van der Waals surface area contributed by atoms with Crippen molar-refractivity contribution in [3.05, 3.63) is 18.0 Å². The minimum Gasteiger partial charge on any atom is -0.349 e. The van der Waals surface area contributed by atoms with Crippen LogP contribution in [0.15, 0.2) is 12.3 Å². The molecule has 0 radical (unpaired) electrons. The number of halogens is 2. The van der Waals surface area contributed by atoms with Crippen molar-refractivity contribution in [3.8, 4) is 0 Å². The molecule has 0 unspecified atom stereocenters. The molecule has 0 aromatic carbocycles. The van der Waals surface area contributed by atoms with Crippen LogP contribution in [0.4, 0.5) is 8.78 Å². The number of rotatable bonds is 5. The normalized spacial score (nSPS) is 20.7. The van der Waals surface area contributed by atoms with Crippen LogP contribution in [0.5, 0.6) is 0 Å². The molecule has 2 rings (SSSR count). The summed E-state index contributed by atoms with van der Waals surface area (Å²) < 4.78 is 24.2. The summed E-state index contributed by atoms with van der Waals surface area (Å²) in [7, 11) is 0. The number of alkyl halides is 2. The van der Waals surface area contributed by atoms with E-state index < -0.39 is 13.0 Å². The highest BCUT2D eigenvalue weighted by atomic mass is 19.3. The van der Waals surface area contributed by atoms with Crippen LogP contribution in [0.1, 0.15) is 25.0 Å². The molecule has 0 bridgehead atoms. The van der Waals surface area contributed by atoms with Crippen molar-refractivity contribution in [2.75, 3.05) is 13.1 Å². The van der Waals surface area contributed by atoms with Gasteiger partial charge in [-0.15, -0.1) is 0 Å². The maximum atomic E-state index is 12.1. The van der Waals surface area contributed by atoms with Gasteiger partial charge in [-0.1, -0.05) is 6.42 Å². The molecule has 1 aromatic heterocycles. The number of amides is 1. The van der Waals surface area contributed by atoms with Gasteiger partial charge in [0.2, 0.25) is 5.91 Å². The van der Waals surface area contributed by atoms with E-state index >= 15 is 0 Å². The lowest BCUT2D eigenvalue weighted by Gasteiger charge is -2.34. The number of hydrogen-bond donors (Lipinski definition) is 2. The van der Waals surface area contributed by atoms with Gasteiger partial charge in [0.15, 0.2) is 0 Å². The maximum Gasteiger partial charge on any atom is 0.255 e. The Kier molecular flexibility index (Phi) is 4.84. The van der Waals surface area contributed by atoms with Crippen LogP contribution in [-0.4, -0.2) is 46.6 Å². The van der Waals surface area contributed by atoms with Crippen LogP contribution in [0.25, 0.3) is 0 Å². The summed E-state index contributed by atoms with van der Waals surface area (Å²) in [6.45, 7) is 0.811. The number of piperidine rings is 1. The smallest absolute Gasteiger partial charge is 0.255 e. The SMILES string of the molecule is O=C(NCC(F)F)[C@@H]1CCCCN1Cc1ccn[nH]1. The van der Waals surface area contributed by atoms with Gasteiger partial charge in [0.05, 0.1) is 12.6 Å². The minimum atomic E-state index is -2.51. The van der Waals surface area contributed by atoms with E-state index in [2.05, 4.69) is 15.5 Å². The fraction of sp³-hybridized carbons (Fsp3) is 0.667. The lowest BCUT2D eigenvalue weighted by atomic mass is 10.0. The standard InChI is InChI=1S/C12H18F2N4O/c13-11(14)7-15-12(19)10-3-1-2-6-18(10)8-9-4-5-16-17-9/h4-5,10-11H,1-3,6-8H2,(H,15,19)(H,16,17)/t10-/m0/s1. The third kappa shape index (κ3) is 3.99. The molecule has 1 aliphatic rings. The molecule has 1 saturated heterocycles. The minimum absolute atomic E-state index is 0.306. The molecule has 1 atom stereocenters.